The number of hydrogen-bond acceptors (Lipinski definition) is 2. The van der Waals surface area contributed by atoms with E-state index in [1.165, 1.54) is 12.1 Å². The van der Waals surface area contributed by atoms with Gasteiger partial charge in [-0.2, -0.15) is 13.2 Å². The Bertz CT molecular complexity index is 400. The van der Waals surface area contributed by atoms with Gasteiger partial charge in [0.2, 0.25) is 0 Å². The van der Waals surface area contributed by atoms with E-state index in [-0.39, 0.29) is 0 Å². The van der Waals surface area contributed by atoms with E-state index in [1.807, 2.05) is 13.8 Å². The molecule has 0 aromatic heterocycles. The van der Waals surface area contributed by atoms with Crippen LogP contribution in [0.5, 0.6) is 0 Å². The summed E-state index contributed by atoms with van der Waals surface area (Å²) in [5, 5.41) is 10.3. The molecular weight excluding hydrogens is 257 g/mol. The molecule has 0 spiro atoms. The monoisotopic (exact) mass is 276 g/mol. The highest BCUT2D eigenvalue weighted by molar-refractivity contribution is 5.27. The SMILES string of the molecule is CCOC(C)(CC)C(O)c1ccc(C(F)(F)F)cc1. The molecule has 0 amide bonds. The third-order valence-corrected chi connectivity index (χ3v) is 3.31. The molecule has 108 valence electrons. The largest absolute Gasteiger partial charge is 0.416 e. The van der Waals surface area contributed by atoms with Crippen LogP contribution in [0.4, 0.5) is 13.2 Å². The molecule has 0 saturated heterocycles. The Hall–Kier alpha value is -1.07. The van der Waals surface area contributed by atoms with Crippen molar-refractivity contribution in [1.82, 2.24) is 0 Å². The van der Waals surface area contributed by atoms with Crippen molar-refractivity contribution < 1.29 is 23.0 Å². The molecule has 0 aliphatic carbocycles. The van der Waals surface area contributed by atoms with Crippen molar-refractivity contribution in [2.45, 2.75) is 45.1 Å². The lowest BCUT2D eigenvalue weighted by Crippen LogP contribution is -2.35. The number of rotatable bonds is 5. The minimum absolute atomic E-state index is 0.422. The Morgan fingerprint density at radius 1 is 1.16 bits per heavy atom. The van der Waals surface area contributed by atoms with E-state index >= 15 is 0 Å². The predicted molar refractivity (Wildman–Crippen MR) is 66.7 cm³/mol. The van der Waals surface area contributed by atoms with Crippen LogP contribution >= 0.6 is 0 Å². The van der Waals surface area contributed by atoms with Gasteiger partial charge in [0, 0.05) is 6.61 Å². The van der Waals surface area contributed by atoms with Crippen LogP contribution < -0.4 is 0 Å². The fraction of sp³-hybridized carbons (Fsp3) is 0.571. The highest BCUT2D eigenvalue weighted by Gasteiger charge is 2.34. The summed E-state index contributed by atoms with van der Waals surface area (Å²) in [4.78, 5) is 0. The predicted octanol–water partition coefficient (Wildman–Crippen LogP) is 3.94. The van der Waals surface area contributed by atoms with Crippen LogP contribution in [0.2, 0.25) is 0 Å². The van der Waals surface area contributed by atoms with Gasteiger partial charge in [-0.1, -0.05) is 19.1 Å². The minimum Gasteiger partial charge on any atom is -0.385 e. The summed E-state index contributed by atoms with van der Waals surface area (Å²) in [6, 6.07) is 4.53. The summed E-state index contributed by atoms with van der Waals surface area (Å²) in [6.07, 6.45) is -4.76. The number of aliphatic hydroxyl groups is 1. The van der Waals surface area contributed by atoms with Crippen LogP contribution in [0.15, 0.2) is 24.3 Å². The number of alkyl halides is 3. The van der Waals surface area contributed by atoms with Crippen molar-refractivity contribution in [2.24, 2.45) is 0 Å². The maximum absolute atomic E-state index is 12.5. The molecule has 2 nitrogen and oxygen atoms in total. The zero-order valence-electron chi connectivity index (χ0n) is 11.3. The average Bonchev–Trinajstić information content (AvgIpc) is 2.37. The molecule has 0 heterocycles. The molecule has 19 heavy (non-hydrogen) atoms. The second-order valence-corrected chi connectivity index (χ2v) is 4.62. The maximum atomic E-state index is 12.5. The van der Waals surface area contributed by atoms with Gasteiger partial charge < -0.3 is 9.84 Å². The van der Waals surface area contributed by atoms with Gasteiger partial charge in [0.05, 0.1) is 11.2 Å². The number of benzene rings is 1. The first-order valence-corrected chi connectivity index (χ1v) is 6.23. The summed E-state index contributed by atoms with van der Waals surface area (Å²) in [5.74, 6) is 0. The molecular formula is C14H19F3O2. The first-order valence-electron chi connectivity index (χ1n) is 6.23. The van der Waals surface area contributed by atoms with Crippen molar-refractivity contribution in [2.75, 3.05) is 6.61 Å². The van der Waals surface area contributed by atoms with Gasteiger partial charge in [-0.15, -0.1) is 0 Å². The molecule has 0 bridgehead atoms. The summed E-state index contributed by atoms with van der Waals surface area (Å²) in [6.45, 7) is 5.86. The molecule has 1 N–H and O–H groups in total. The molecule has 0 aliphatic heterocycles. The van der Waals surface area contributed by atoms with Gasteiger partial charge in [0.15, 0.2) is 0 Å². The van der Waals surface area contributed by atoms with Gasteiger partial charge in [0.1, 0.15) is 6.10 Å². The number of aliphatic hydroxyl groups excluding tert-OH is 1. The van der Waals surface area contributed by atoms with Gasteiger partial charge in [-0.25, -0.2) is 0 Å². The normalized spacial score (nSPS) is 17.0. The van der Waals surface area contributed by atoms with Crippen LogP contribution in [0.25, 0.3) is 0 Å². The maximum Gasteiger partial charge on any atom is 0.416 e. The van der Waals surface area contributed by atoms with E-state index in [2.05, 4.69) is 0 Å². The van der Waals surface area contributed by atoms with Gasteiger partial charge >= 0.3 is 6.18 Å². The minimum atomic E-state index is -4.36. The van der Waals surface area contributed by atoms with Crippen molar-refractivity contribution in [3.8, 4) is 0 Å². The molecule has 1 rings (SSSR count). The molecule has 0 aliphatic rings. The molecule has 5 heteroatoms. The Morgan fingerprint density at radius 3 is 2.05 bits per heavy atom. The third kappa shape index (κ3) is 3.70. The Labute approximate surface area is 111 Å². The fourth-order valence-electron chi connectivity index (χ4n) is 1.91. The molecule has 1 aromatic rings. The smallest absolute Gasteiger partial charge is 0.385 e. The topological polar surface area (TPSA) is 29.5 Å². The Morgan fingerprint density at radius 2 is 1.68 bits per heavy atom. The summed E-state index contributed by atoms with van der Waals surface area (Å²) in [7, 11) is 0. The van der Waals surface area contributed by atoms with Gasteiger partial charge in [-0.3, -0.25) is 0 Å². The van der Waals surface area contributed by atoms with Crippen molar-refractivity contribution in [1.29, 1.82) is 0 Å². The Kier molecular flexibility index (Phi) is 4.98. The van der Waals surface area contributed by atoms with Gasteiger partial charge in [0.25, 0.3) is 0 Å². The molecule has 0 fully saturated rings. The van der Waals surface area contributed by atoms with Gasteiger partial charge in [-0.05, 0) is 38.0 Å². The third-order valence-electron chi connectivity index (χ3n) is 3.31. The second kappa shape index (κ2) is 5.92. The average molecular weight is 276 g/mol. The van der Waals surface area contributed by atoms with E-state index in [4.69, 9.17) is 4.74 Å². The second-order valence-electron chi connectivity index (χ2n) is 4.62. The summed E-state index contributed by atoms with van der Waals surface area (Å²) < 4.78 is 42.9. The van der Waals surface area contributed by atoms with E-state index in [1.54, 1.807) is 6.92 Å². The fourth-order valence-corrected chi connectivity index (χ4v) is 1.91. The van der Waals surface area contributed by atoms with E-state index in [9.17, 15) is 18.3 Å². The van der Waals surface area contributed by atoms with Crippen LogP contribution in [-0.2, 0) is 10.9 Å². The van der Waals surface area contributed by atoms with E-state index < -0.39 is 23.4 Å². The van der Waals surface area contributed by atoms with Crippen molar-refractivity contribution in [3.05, 3.63) is 35.4 Å². The Balaban J connectivity index is 2.97. The zero-order chi connectivity index (χ0) is 14.7. The van der Waals surface area contributed by atoms with Crippen LogP contribution in [0, 0.1) is 0 Å². The zero-order valence-corrected chi connectivity index (χ0v) is 11.3. The number of ether oxygens (including phenoxy) is 1. The summed E-state index contributed by atoms with van der Waals surface area (Å²) in [5.41, 5.74) is -1.10. The molecule has 2 unspecified atom stereocenters. The number of halogens is 3. The highest BCUT2D eigenvalue weighted by atomic mass is 19.4. The quantitative estimate of drug-likeness (QED) is 0.882. The van der Waals surface area contributed by atoms with Crippen LogP contribution in [-0.4, -0.2) is 17.3 Å². The molecule has 0 radical (unpaired) electrons. The van der Waals surface area contributed by atoms with Crippen molar-refractivity contribution in [3.63, 3.8) is 0 Å². The van der Waals surface area contributed by atoms with E-state index in [0.29, 0.717) is 18.6 Å². The van der Waals surface area contributed by atoms with Crippen molar-refractivity contribution >= 4 is 0 Å². The lowest BCUT2D eigenvalue weighted by molar-refractivity contribution is -0.137. The lowest BCUT2D eigenvalue weighted by Gasteiger charge is -2.33. The molecule has 2 atom stereocenters. The first kappa shape index (κ1) is 16.0. The number of hydrogen-bond donors (Lipinski definition) is 1. The van der Waals surface area contributed by atoms with E-state index in [0.717, 1.165) is 12.1 Å². The van der Waals surface area contributed by atoms with Crippen LogP contribution in [0.3, 0.4) is 0 Å². The first-order chi connectivity index (χ1) is 8.74. The molecule has 1 aromatic carbocycles. The molecule has 0 saturated carbocycles. The van der Waals surface area contributed by atoms with Crippen LogP contribution in [0.1, 0.15) is 44.4 Å². The standard InChI is InChI=1S/C14H19F3O2/c1-4-13(3,19-5-2)12(18)10-6-8-11(9-7-10)14(15,16)17/h6-9,12,18H,4-5H2,1-3H3. The highest BCUT2D eigenvalue weighted by Crippen LogP contribution is 2.34. The summed E-state index contributed by atoms with van der Waals surface area (Å²) >= 11 is 0. The lowest BCUT2D eigenvalue weighted by atomic mass is 9.90.